The number of rotatable bonds is 7. The minimum Gasteiger partial charge on any atom is -0.491 e. The number of anilines is 4. The fraction of sp³-hybridized carbons (Fsp3) is 0.0870. The van der Waals surface area contributed by atoms with E-state index in [9.17, 15) is 14.4 Å². The summed E-state index contributed by atoms with van der Waals surface area (Å²) in [5.74, 6) is -1.56. The van der Waals surface area contributed by atoms with Crippen LogP contribution in [0.5, 0.6) is 5.75 Å². The van der Waals surface area contributed by atoms with E-state index in [0.717, 1.165) is 0 Å². The molecule has 0 aliphatic rings. The van der Waals surface area contributed by atoms with Gasteiger partial charge in [0, 0.05) is 28.2 Å². The van der Waals surface area contributed by atoms with Crippen LogP contribution in [0.2, 0.25) is 0 Å². The second kappa shape index (κ2) is 9.52. The largest absolute Gasteiger partial charge is 0.491 e. The number of nitrogens with two attached hydrogens (primary N) is 3. The Balaban J connectivity index is 1.97. The molecule has 0 fully saturated rings. The quantitative estimate of drug-likeness (QED) is 0.360. The normalized spacial score (nSPS) is 10.3. The molecule has 8 N–H and O–H groups in total. The van der Waals surface area contributed by atoms with Crippen LogP contribution in [0.25, 0.3) is 0 Å². The maximum absolute atomic E-state index is 12.7. The molecular weight excluding hydrogens is 410 g/mol. The SMILES string of the molecule is CCOc1c(NC(=O)c2ccc(N)cc2)cc(NC(=O)c2ccc(N)cc2)cc1C(N)=O. The van der Waals surface area contributed by atoms with Crippen molar-refractivity contribution in [2.75, 3.05) is 28.7 Å². The van der Waals surface area contributed by atoms with Gasteiger partial charge in [-0.1, -0.05) is 0 Å². The molecule has 32 heavy (non-hydrogen) atoms. The summed E-state index contributed by atoms with van der Waals surface area (Å²) in [7, 11) is 0. The predicted molar refractivity (Wildman–Crippen MR) is 124 cm³/mol. The highest BCUT2D eigenvalue weighted by molar-refractivity contribution is 6.09. The molecule has 3 aromatic rings. The monoisotopic (exact) mass is 433 g/mol. The van der Waals surface area contributed by atoms with E-state index in [0.29, 0.717) is 22.5 Å². The van der Waals surface area contributed by atoms with Gasteiger partial charge in [-0.25, -0.2) is 0 Å². The van der Waals surface area contributed by atoms with Gasteiger partial charge < -0.3 is 32.6 Å². The van der Waals surface area contributed by atoms with Gasteiger partial charge >= 0.3 is 0 Å². The molecule has 0 unspecified atom stereocenters. The van der Waals surface area contributed by atoms with Gasteiger partial charge in [0.1, 0.15) is 0 Å². The molecule has 0 saturated carbocycles. The fourth-order valence-electron chi connectivity index (χ4n) is 2.94. The molecule has 0 aromatic heterocycles. The van der Waals surface area contributed by atoms with Crippen LogP contribution in [0.1, 0.15) is 38.0 Å². The maximum Gasteiger partial charge on any atom is 0.255 e. The molecule has 0 aliphatic carbocycles. The van der Waals surface area contributed by atoms with Crippen LogP contribution < -0.4 is 32.6 Å². The molecule has 0 heterocycles. The average Bonchev–Trinajstić information content (AvgIpc) is 2.76. The van der Waals surface area contributed by atoms with Crippen molar-refractivity contribution in [1.29, 1.82) is 0 Å². The van der Waals surface area contributed by atoms with Crippen LogP contribution in [0.4, 0.5) is 22.7 Å². The lowest BCUT2D eigenvalue weighted by molar-refractivity contribution is 0.0990. The standard InChI is InChI=1S/C23H23N5O4/c1-2-32-20-18(21(26)29)11-17(27-22(30)13-3-7-15(24)8-4-13)12-19(20)28-23(31)14-5-9-16(25)10-6-14/h3-12H,2,24-25H2,1H3,(H2,26,29)(H,27,30)(H,28,31). The van der Waals surface area contributed by atoms with Crippen LogP contribution in [0.15, 0.2) is 60.7 Å². The minimum absolute atomic E-state index is 0.00885. The summed E-state index contributed by atoms with van der Waals surface area (Å²) in [6.45, 7) is 1.95. The Kier molecular flexibility index (Phi) is 6.59. The average molecular weight is 433 g/mol. The van der Waals surface area contributed by atoms with Gasteiger partial charge in [0.15, 0.2) is 5.75 Å². The van der Waals surface area contributed by atoms with E-state index in [1.54, 1.807) is 55.5 Å². The smallest absolute Gasteiger partial charge is 0.255 e. The summed E-state index contributed by atoms with van der Waals surface area (Å²) < 4.78 is 5.58. The first-order valence-corrected chi connectivity index (χ1v) is 9.73. The zero-order valence-electron chi connectivity index (χ0n) is 17.3. The molecule has 9 nitrogen and oxygen atoms in total. The number of carbonyl (C=O) groups is 3. The van der Waals surface area contributed by atoms with E-state index in [1.807, 2.05) is 0 Å². The molecule has 3 rings (SSSR count). The molecule has 0 bridgehead atoms. The first-order chi connectivity index (χ1) is 15.3. The molecule has 0 atom stereocenters. The highest BCUT2D eigenvalue weighted by atomic mass is 16.5. The van der Waals surface area contributed by atoms with Crippen molar-refractivity contribution in [3.8, 4) is 5.75 Å². The third kappa shape index (κ3) is 5.14. The number of amides is 3. The summed E-state index contributed by atoms with van der Waals surface area (Å²) in [6.07, 6.45) is 0. The van der Waals surface area contributed by atoms with Gasteiger partial charge in [-0.2, -0.15) is 0 Å². The van der Waals surface area contributed by atoms with Crippen LogP contribution in [-0.2, 0) is 0 Å². The van der Waals surface area contributed by atoms with Crippen molar-refractivity contribution >= 4 is 40.5 Å². The number of nitrogens with one attached hydrogen (secondary N) is 2. The molecule has 0 saturated heterocycles. The lowest BCUT2D eigenvalue weighted by Crippen LogP contribution is -2.19. The lowest BCUT2D eigenvalue weighted by Gasteiger charge is -2.17. The molecule has 0 radical (unpaired) electrons. The number of hydrogen-bond donors (Lipinski definition) is 5. The van der Waals surface area contributed by atoms with Crippen molar-refractivity contribution in [2.24, 2.45) is 5.73 Å². The number of hydrogen-bond acceptors (Lipinski definition) is 6. The van der Waals surface area contributed by atoms with Gasteiger partial charge in [-0.3, -0.25) is 14.4 Å². The molecule has 0 spiro atoms. The van der Waals surface area contributed by atoms with E-state index in [-0.39, 0.29) is 29.3 Å². The Morgan fingerprint density at radius 3 is 1.78 bits per heavy atom. The zero-order chi connectivity index (χ0) is 23.3. The second-order valence-electron chi connectivity index (χ2n) is 6.85. The number of ether oxygens (including phenoxy) is 1. The van der Waals surface area contributed by atoms with Crippen LogP contribution in [0, 0.1) is 0 Å². The van der Waals surface area contributed by atoms with Gasteiger partial charge in [-0.05, 0) is 67.6 Å². The van der Waals surface area contributed by atoms with Gasteiger partial charge in [0.25, 0.3) is 17.7 Å². The topological polar surface area (TPSA) is 163 Å². The van der Waals surface area contributed by atoms with E-state index in [2.05, 4.69) is 10.6 Å². The van der Waals surface area contributed by atoms with Crippen molar-refractivity contribution in [3.05, 3.63) is 77.4 Å². The van der Waals surface area contributed by atoms with E-state index < -0.39 is 17.7 Å². The van der Waals surface area contributed by atoms with Gasteiger partial charge in [-0.15, -0.1) is 0 Å². The van der Waals surface area contributed by atoms with E-state index in [1.165, 1.54) is 12.1 Å². The Labute approximate surface area is 184 Å². The molecule has 164 valence electrons. The van der Waals surface area contributed by atoms with Crippen LogP contribution >= 0.6 is 0 Å². The fourth-order valence-corrected chi connectivity index (χ4v) is 2.94. The first-order valence-electron chi connectivity index (χ1n) is 9.73. The second-order valence-corrected chi connectivity index (χ2v) is 6.85. The number of benzene rings is 3. The van der Waals surface area contributed by atoms with Crippen molar-refractivity contribution in [1.82, 2.24) is 0 Å². The minimum atomic E-state index is -0.778. The Bertz CT molecular complexity index is 1160. The summed E-state index contributed by atoms with van der Waals surface area (Å²) >= 11 is 0. The number of primary amides is 1. The molecular formula is C23H23N5O4. The Morgan fingerprint density at radius 2 is 1.31 bits per heavy atom. The maximum atomic E-state index is 12.7. The van der Waals surface area contributed by atoms with Gasteiger partial charge in [0.2, 0.25) is 0 Å². The summed E-state index contributed by atoms with van der Waals surface area (Å²) in [5.41, 5.74) is 19.0. The molecule has 9 heteroatoms. The Morgan fingerprint density at radius 1 is 0.812 bits per heavy atom. The summed E-state index contributed by atoms with van der Waals surface area (Å²) in [5, 5.41) is 5.40. The van der Waals surface area contributed by atoms with Crippen molar-refractivity contribution in [2.45, 2.75) is 6.92 Å². The summed E-state index contributed by atoms with van der Waals surface area (Å²) in [6, 6.07) is 15.5. The highest BCUT2D eigenvalue weighted by Crippen LogP contribution is 2.34. The number of carbonyl (C=O) groups excluding carboxylic acids is 3. The first kappa shape index (κ1) is 22.2. The zero-order valence-corrected chi connectivity index (χ0v) is 17.3. The van der Waals surface area contributed by atoms with E-state index >= 15 is 0 Å². The Hall–Kier alpha value is -4.53. The van der Waals surface area contributed by atoms with Crippen LogP contribution in [0.3, 0.4) is 0 Å². The third-order valence-corrected chi connectivity index (χ3v) is 4.49. The highest BCUT2D eigenvalue weighted by Gasteiger charge is 2.20. The molecule has 0 aliphatic heterocycles. The number of nitrogen functional groups attached to an aromatic ring is 2. The van der Waals surface area contributed by atoms with Crippen molar-refractivity contribution < 1.29 is 19.1 Å². The molecule has 3 aromatic carbocycles. The lowest BCUT2D eigenvalue weighted by atomic mass is 10.1. The van der Waals surface area contributed by atoms with Crippen molar-refractivity contribution in [3.63, 3.8) is 0 Å². The van der Waals surface area contributed by atoms with Crippen LogP contribution in [-0.4, -0.2) is 24.3 Å². The third-order valence-electron chi connectivity index (χ3n) is 4.49. The van der Waals surface area contributed by atoms with Gasteiger partial charge in [0.05, 0.1) is 17.9 Å². The van der Waals surface area contributed by atoms with E-state index in [4.69, 9.17) is 21.9 Å². The summed E-state index contributed by atoms with van der Waals surface area (Å²) in [4.78, 5) is 37.4. The molecule has 3 amide bonds. The predicted octanol–water partition coefficient (Wildman–Crippen LogP) is 2.85.